The van der Waals surface area contributed by atoms with Crippen molar-refractivity contribution in [2.45, 2.75) is 44.9 Å². The molecule has 4 heteroatoms. The van der Waals surface area contributed by atoms with E-state index in [1.165, 1.54) is 58.2 Å². The molecule has 1 aliphatic heterocycles. The maximum absolute atomic E-state index is 12.0. The number of amides is 1. The molecule has 0 aromatic heterocycles. The number of nitrogens with one attached hydrogen (secondary N) is 1. The molecule has 0 unspecified atom stereocenters. The minimum Gasteiger partial charge on any atom is -0.352 e. The summed E-state index contributed by atoms with van der Waals surface area (Å²) in [5.74, 6) is -0.0712. The fourth-order valence-electron chi connectivity index (χ4n) is 2.94. The first-order chi connectivity index (χ1) is 10.8. The number of carbonyl (C=O) groups excluding carboxylic acids is 1. The Morgan fingerprint density at radius 1 is 1.05 bits per heavy atom. The quantitative estimate of drug-likeness (QED) is 0.766. The molecule has 1 amide bonds. The molecular weight excluding hydrogens is 296 g/mol. The van der Waals surface area contributed by atoms with Gasteiger partial charge in [-0.2, -0.15) is 0 Å². The van der Waals surface area contributed by atoms with E-state index >= 15 is 0 Å². The second-order valence-corrected chi connectivity index (χ2v) is 6.46. The van der Waals surface area contributed by atoms with Crippen molar-refractivity contribution in [3.63, 3.8) is 0 Å². The average Bonchev–Trinajstić information content (AvgIpc) is 2.79. The SMILES string of the molecule is O=C(NCCCCCN1CCCCCC1)c1ccccc1Cl. The molecule has 3 nitrogen and oxygen atoms in total. The van der Waals surface area contributed by atoms with Crippen LogP contribution in [-0.4, -0.2) is 37.0 Å². The van der Waals surface area contributed by atoms with Gasteiger partial charge in [-0.25, -0.2) is 0 Å². The molecule has 1 aromatic carbocycles. The molecule has 22 heavy (non-hydrogen) atoms. The fourth-order valence-corrected chi connectivity index (χ4v) is 3.16. The lowest BCUT2D eigenvalue weighted by molar-refractivity contribution is 0.0953. The molecule has 0 aliphatic carbocycles. The molecule has 1 fully saturated rings. The van der Waals surface area contributed by atoms with Gasteiger partial charge in [-0.1, -0.05) is 43.0 Å². The lowest BCUT2D eigenvalue weighted by atomic mass is 10.2. The van der Waals surface area contributed by atoms with Gasteiger partial charge in [-0.05, 0) is 57.5 Å². The number of nitrogens with zero attached hydrogens (tertiary/aromatic N) is 1. The van der Waals surface area contributed by atoms with Crippen molar-refractivity contribution < 1.29 is 4.79 Å². The van der Waals surface area contributed by atoms with Gasteiger partial charge in [0.05, 0.1) is 10.6 Å². The van der Waals surface area contributed by atoms with Crippen LogP contribution in [0.4, 0.5) is 0 Å². The van der Waals surface area contributed by atoms with Crippen LogP contribution in [0.3, 0.4) is 0 Å². The van der Waals surface area contributed by atoms with Crippen molar-refractivity contribution in [2.24, 2.45) is 0 Å². The van der Waals surface area contributed by atoms with E-state index in [0.717, 1.165) is 13.0 Å². The first-order valence-electron chi connectivity index (χ1n) is 8.52. The third kappa shape index (κ3) is 5.98. The summed E-state index contributed by atoms with van der Waals surface area (Å²) in [5, 5.41) is 3.47. The summed E-state index contributed by atoms with van der Waals surface area (Å²) in [7, 11) is 0. The van der Waals surface area contributed by atoms with Crippen molar-refractivity contribution >= 4 is 17.5 Å². The lowest BCUT2D eigenvalue weighted by Gasteiger charge is -2.19. The molecule has 0 atom stereocenters. The number of unbranched alkanes of at least 4 members (excludes halogenated alkanes) is 2. The topological polar surface area (TPSA) is 32.3 Å². The van der Waals surface area contributed by atoms with Crippen LogP contribution >= 0.6 is 11.6 Å². The number of halogens is 1. The zero-order chi connectivity index (χ0) is 15.6. The zero-order valence-corrected chi connectivity index (χ0v) is 14.1. The number of likely N-dealkylation sites (tertiary alicyclic amines) is 1. The average molecular weight is 323 g/mol. The predicted molar refractivity (Wildman–Crippen MR) is 92.5 cm³/mol. The predicted octanol–water partition coefficient (Wildman–Crippen LogP) is 4.12. The maximum atomic E-state index is 12.0. The summed E-state index contributed by atoms with van der Waals surface area (Å²) in [4.78, 5) is 14.6. The number of hydrogen-bond acceptors (Lipinski definition) is 2. The maximum Gasteiger partial charge on any atom is 0.252 e. The minimum absolute atomic E-state index is 0.0712. The first kappa shape index (κ1) is 17.3. The Hall–Kier alpha value is -1.06. The summed E-state index contributed by atoms with van der Waals surface area (Å²) < 4.78 is 0. The number of carbonyl (C=O) groups is 1. The summed E-state index contributed by atoms with van der Waals surface area (Å²) >= 11 is 6.01. The molecule has 1 N–H and O–H groups in total. The van der Waals surface area contributed by atoms with Gasteiger partial charge < -0.3 is 10.2 Å². The van der Waals surface area contributed by atoms with Gasteiger partial charge in [-0.15, -0.1) is 0 Å². The second kappa shape index (κ2) is 9.86. The highest BCUT2D eigenvalue weighted by atomic mass is 35.5. The van der Waals surface area contributed by atoms with Crippen molar-refractivity contribution in [3.8, 4) is 0 Å². The van der Waals surface area contributed by atoms with Crippen LogP contribution in [0, 0.1) is 0 Å². The summed E-state index contributed by atoms with van der Waals surface area (Å²) in [6.45, 7) is 4.47. The number of hydrogen-bond donors (Lipinski definition) is 1. The van der Waals surface area contributed by atoms with Gasteiger partial charge in [0.15, 0.2) is 0 Å². The number of rotatable bonds is 7. The standard InChI is InChI=1S/C18H27ClN2O/c19-17-11-5-4-10-16(17)18(22)20-12-6-3-9-15-21-13-7-1-2-8-14-21/h4-5,10-11H,1-3,6-9,12-15H2,(H,20,22). The highest BCUT2D eigenvalue weighted by Gasteiger charge is 2.09. The monoisotopic (exact) mass is 322 g/mol. The van der Waals surface area contributed by atoms with E-state index in [-0.39, 0.29) is 5.91 Å². The van der Waals surface area contributed by atoms with E-state index in [1.807, 2.05) is 12.1 Å². The minimum atomic E-state index is -0.0712. The van der Waals surface area contributed by atoms with Crippen LogP contribution in [-0.2, 0) is 0 Å². The molecule has 0 saturated carbocycles. The van der Waals surface area contributed by atoms with Crippen LogP contribution in [0.25, 0.3) is 0 Å². The molecule has 0 bridgehead atoms. The summed E-state index contributed by atoms with van der Waals surface area (Å²) in [5.41, 5.74) is 0.564. The van der Waals surface area contributed by atoms with Crippen molar-refractivity contribution in [3.05, 3.63) is 34.9 Å². The summed E-state index contributed by atoms with van der Waals surface area (Å²) in [6.07, 6.45) is 8.92. The highest BCUT2D eigenvalue weighted by Crippen LogP contribution is 2.14. The van der Waals surface area contributed by atoms with Crippen LogP contribution in [0.1, 0.15) is 55.3 Å². The Bertz CT molecular complexity index is 456. The molecule has 0 spiro atoms. The van der Waals surface area contributed by atoms with Crippen molar-refractivity contribution in [1.82, 2.24) is 10.2 Å². The second-order valence-electron chi connectivity index (χ2n) is 6.05. The zero-order valence-electron chi connectivity index (χ0n) is 13.3. The Balaban J connectivity index is 1.55. The Morgan fingerprint density at radius 2 is 1.77 bits per heavy atom. The Morgan fingerprint density at radius 3 is 2.50 bits per heavy atom. The fraction of sp³-hybridized carbons (Fsp3) is 0.611. The third-order valence-electron chi connectivity index (χ3n) is 4.25. The van der Waals surface area contributed by atoms with Crippen LogP contribution in [0.2, 0.25) is 5.02 Å². The van der Waals surface area contributed by atoms with Crippen molar-refractivity contribution in [1.29, 1.82) is 0 Å². The van der Waals surface area contributed by atoms with Gasteiger partial charge in [0.1, 0.15) is 0 Å². The molecule has 122 valence electrons. The third-order valence-corrected chi connectivity index (χ3v) is 4.58. The van der Waals surface area contributed by atoms with E-state index in [0.29, 0.717) is 10.6 Å². The molecule has 1 aromatic rings. The van der Waals surface area contributed by atoms with Crippen molar-refractivity contribution in [2.75, 3.05) is 26.2 Å². The van der Waals surface area contributed by atoms with Crippen LogP contribution in [0.5, 0.6) is 0 Å². The number of benzene rings is 1. The van der Waals surface area contributed by atoms with E-state index in [1.54, 1.807) is 12.1 Å². The van der Waals surface area contributed by atoms with Gasteiger partial charge >= 0.3 is 0 Å². The lowest BCUT2D eigenvalue weighted by Crippen LogP contribution is -2.26. The normalized spacial score (nSPS) is 16.2. The first-order valence-corrected chi connectivity index (χ1v) is 8.90. The van der Waals surface area contributed by atoms with E-state index in [2.05, 4.69) is 10.2 Å². The van der Waals surface area contributed by atoms with E-state index < -0.39 is 0 Å². The smallest absolute Gasteiger partial charge is 0.252 e. The molecule has 1 saturated heterocycles. The molecule has 1 heterocycles. The van der Waals surface area contributed by atoms with E-state index in [9.17, 15) is 4.79 Å². The molecular formula is C18H27ClN2O. The largest absolute Gasteiger partial charge is 0.352 e. The summed E-state index contributed by atoms with van der Waals surface area (Å²) in [6, 6.07) is 7.18. The molecule has 1 aliphatic rings. The van der Waals surface area contributed by atoms with Gasteiger partial charge in [0, 0.05) is 6.54 Å². The molecule has 0 radical (unpaired) electrons. The van der Waals surface area contributed by atoms with Gasteiger partial charge in [-0.3, -0.25) is 4.79 Å². The Kier molecular flexibility index (Phi) is 7.75. The Labute approximate surface area is 139 Å². The highest BCUT2D eigenvalue weighted by molar-refractivity contribution is 6.33. The molecule has 2 rings (SSSR count). The van der Waals surface area contributed by atoms with Crippen LogP contribution < -0.4 is 5.32 Å². The van der Waals surface area contributed by atoms with Gasteiger partial charge in [0.25, 0.3) is 5.91 Å². The van der Waals surface area contributed by atoms with Crippen LogP contribution in [0.15, 0.2) is 24.3 Å². The van der Waals surface area contributed by atoms with E-state index in [4.69, 9.17) is 11.6 Å². The van der Waals surface area contributed by atoms with Gasteiger partial charge in [0.2, 0.25) is 0 Å².